The molecule has 0 saturated carbocycles. The maximum atomic E-state index is 12.5. The van der Waals surface area contributed by atoms with E-state index in [2.05, 4.69) is 5.32 Å². The van der Waals surface area contributed by atoms with Gasteiger partial charge in [0.2, 0.25) is 5.91 Å². The summed E-state index contributed by atoms with van der Waals surface area (Å²) in [5.41, 5.74) is 3.99. The minimum atomic E-state index is -1.21. The molecule has 0 spiro atoms. The van der Waals surface area contributed by atoms with E-state index in [9.17, 15) is 14.4 Å². The van der Waals surface area contributed by atoms with Gasteiger partial charge in [0, 0.05) is 0 Å². The van der Waals surface area contributed by atoms with Gasteiger partial charge in [-0.15, -0.1) is 0 Å². The van der Waals surface area contributed by atoms with Crippen LogP contribution in [0.4, 0.5) is 0 Å². The molecule has 28 heavy (non-hydrogen) atoms. The molecular weight excluding hydrogens is 364 g/mol. The van der Waals surface area contributed by atoms with E-state index >= 15 is 0 Å². The van der Waals surface area contributed by atoms with Crippen molar-refractivity contribution in [2.75, 3.05) is 0 Å². The molecule has 0 radical (unpaired) electrons. The lowest BCUT2D eigenvalue weighted by molar-refractivity contribution is -0.165. The van der Waals surface area contributed by atoms with Gasteiger partial charge in [-0.05, 0) is 69.2 Å². The monoisotopic (exact) mass is 402 g/mol. The molecule has 0 bridgehead atoms. The first-order chi connectivity index (χ1) is 12.3. The predicted octanol–water partition coefficient (Wildman–Crippen LogP) is 2.08. The molecule has 0 heterocycles. The van der Waals surface area contributed by atoms with Crippen molar-refractivity contribution < 1.29 is 28.6 Å². The molecule has 0 aliphatic rings. The van der Waals surface area contributed by atoms with Gasteiger partial charge in [0.25, 0.3) is 0 Å². The van der Waals surface area contributed by atoms with Crippen LogP contribution in [-0.4, -0.2) is 52.8 Å². The number of rotatable bonds is 7. The van der Waals surface area contributed by atoms with E-state index in [1.807, 2.05) is 20.8 Å². The van der Waals surface area contributed by atoms with E-state index < -0.39 is 52.8 Å². The second-order valence-corrected chi connectivity index (χ2v) is 9.85. The number of hydrogen-bond donors (Lipinski definition) is 2. The minimum Gasteiger partial charge on any atom is -0.460 e. The van der Waals surface area contributed by atoms with Crippen LogP contribution in [0.25, 0.3) is 0 Å². The average molecular weight is 403 g/mol. The molecule has 3 atom stereocenters. The van der Waals surface area contributed by atoms with Gasteiger partial charge in [0.05, 0.1) is 18.1 Å². The Morgan fingerprint density at radius 3 is 1.71 bits per heavy atom. The Bertz CT molecular complexity index is 555. The van der Waals surface area contributed by atoms with Crippen molar-refractivity contribution in [3.63, 3.8) is 0 Å². The molecule has 0 saturated heterocycles. The quantitative estimate of drug-likeness (QED) is 0.626. The number of nitrogens with two attached hydrogens (primary N) is 1. The molecule has 1 unspecified atom stereocenters. The third kappa shape index (κ3) is 11.9. The summed E-state index contributed by atoms with van der Waals surface area (Å²) >= 11 is 0. The standard InChI is InChI=1S/C20H38N2O6/c1-12(26-18(2,3)4)15(21)16(24)22-13(17(25)28-20(8,9)10)11-14(23)27-19(5,6)7/h12-13,15H,11,21H2,1-10H3,(H,22,24)/t12-,13?,15+/m0/s1. The predicted molar refractivity (Wildman–Crippen MR) is 107 cm³/mol. The van der Waals surface area contributed by atoms with Crippen LogP contribution in [0.2, 0.25) is 0 Å². The fourth-order valence-corrected chi connectivity index (χ4v) is 2.23. The molecule has 164 valence electrons. The zero-order valence-electron chi connectivity index (χ0n) is 19.0. The lowest BCUT2D eigenvalue weighted by atomic mass is 10.1. The second kappa shape index (κ2) is 9.69. The van der Waals surface area contributed by atoms with E-state index in [0.717, 1.165) is 0 Å². The summed E-state index contributed by atoms with van der Waals surface area (Å²) < 4.78 is 16.3. The fourth-order valence-electron chi connectivity index (χ4n) is 2.23. The molecule has 0 aliphatic carbocycles. The van der Waals surface area contributed by atoms with E-state index in [0.29, 0.717) is 0 Å². The largest absolute Gasteiger partial charge is 0.460 e. The third-order valence-corrected chi connectivity index (χ3v) is 3.15. The first-order valence-corrected chi connectivity index (χ1v) is 9.49. The van der Waals surface area contributed by atoms with E-state index in [1.54, 1.807) is 48.5 Å². The van der Waals surface area contributed by atoms with Crippen LogP contribution in [0.1, 0.15) is 75.7 Å². The maximum Gasteiger partial charge on any atom is 0.329 e. The lowest BCUT2D eigenvalue weighted by Crippen LogP contribution is -2.55. The summed E-state index contributed by atoms with van der Waals surface area (Å²) in [4.78, 5) is 37.2. The highest BCUT2D eigenvalue weighted by molar-refractivity contribution is 5.90. The van der Waals surface area contributed by atoms with Gasteiger partial charge in [0.1, 0.15) is 23.3 Å². The number of carbonyl (C=O) groups excluding carboxylic acids is 3. The molecule has 0 aromatic rings. The Kier molecular flexibility index (Phi) is 9.12. The van der Waals surface area contributed by atoms with E-state index in [-0.39, 0.29) is 6.42 Å². The zero-order chi connectivity index (χ0) is 22.5. The third-order valence-electron chi connectivity index (χ3n) is 3.15. The molecule has 0 aliphatic heterocycles. The molecule has 1 amide bonds. The molecule has 8 nitrogen and oxygen atoms in total. The second-order valence-electron chi connectivity index (χ2n) is 9.85. The molecule has 3 N–H and O–H groups in total. The van der Waals surface area contributed by atoms with E-state index in [4.69, 9.17) is 19.9 Å². The number of nitrogens with one attached hydrogen (secondary N) is 1. The molecular formula is C20H38N2O6. The van der Waals surface area contributed by atoms with Gasteiger partial charge in [-0.25, -0.2) is 4.79 Å². The molecule has 0 rings (SSSR count). The summed E-state index contributed by atoms with van der Waals surface area (Å²) in [6.07, 6.45) is -0.958. The number of ether oxygens (including phenoxy) is 3. The Labute approximate surface area is 168 Å². The first kappa shape index (κ1) is 26.3. The van der Waals surface area contributed by atoms with Crippen LogP contribution in [0.15, 0.2) is 0 Å². The number of amides is 1. The summed E-state index contributed by atoms with van der Waals surface area (Å²) in [7, 11) is 0. The van der Waals surface area contributed by atoms with Crippen LogP contribution in [0, 0.1) is 0 Å². The van der Waals surface area contributed by atoms with Gasteiger partial charge < -0.3 is 25.3 Å². The average Bonchev–Trinajstić information content (AvgIpc) is 2.39. The van der Waals surface area contributed by atoms with Crippen LogP contribution in [0.5, 0.6) is 0 Å². The summed E-state index contributed by atoms with van der Waals surface area (Å²) in [5, 5.41) is 2.50. The van der Waals surface area contributed by atoms with Crippen molar-refractivity contribution in [1.82, 2.24) is 5.32 Å². The van der Waals surface area contributed by atoms with Crippen molar-refractivity contribution >= 4 is 17.8 Å². The van der Waals surface area contributed by atoms with Crippen LogP contribution in [0.3, 0.4) is 0 Å². The Balaban J connectivity index is 5.26. The normalized spacial score (nSPS) is 16.0. The van der Waals surface area contributed by atoms with E-state index in [1.165, 1.54) is 0 Å². The van der Waals surface area contributed by atoms with Gasteiger partial charge in [-0.3, -0.25) is 9.59 Å². The fraction of sp³-hybridized carbons (Fsp3) is 0.850. The van der Waals surface area contributed by atoms with Crippen LogP contribution >= 0.6 is 0 Å². The van der Waals surface area contributed by atoms with Gasteiger partial charge >= 0.3 is 11.9 Å². The number of hydrogen-bond acceptors (Lipinski definition) is 7. The lowest BCUT2D eigenvalue weighted by Gasteiger charge is -2.30. The van der Waals surface area contributed by atoms with Crippen molar-refractivity contribution in [3.8, 4) is 0 Å². The Morgan fingerprint density at radius 1 is 0.857 bits per heavy atom. The van der Waals surface area contributed by atoms with Gasteiger partial charge in [-0.1, -0.05) is 0 Å². The SMILES string of the molecule is C[C@H](OC(C)(C)C)[C@@H](N)C(=O)NC(CC(=O)OC(C)(C)C)C(=O)OC(C)(C)C. The zero-order valence-corrected chi connectivity index (χ0v) is 19.0. The Hall–Kier alpha value is -1.67. The smallest absolute Gasteiger partial charge is 0.329 e. The molecule has 8 heteroatoms. The Morgan fingerprint density at radius 2 is 1.32 bits per heavy atom. The van der Waals surface area contributed by atoms with Crippen LogP contribution < -0.4 is 11.1 Å². The summed E-state index contributed by atoms with van der Waals surface area (Å²) in [6.45, 7) is 17.5. The minimum absolute atomic E-state index is 0.362. The van der Waals surface area contributed by atoms with Crippen LogP contribution in [-0.2, 0) is 28.6 Å². The first-order valence-electron chi connectivity index (χ1n) is 9.49. The van der Waals surface area contributed by atoms with Crippen molar-refractivity contribution in [2.24, 2.45) is 5.73 Å². The molecule has 0 aromatic carbocycles. The maximum absolute atomic E-state index is 12.5. The number of esters is 2. The highest BCUT2D eigenvalue weighted by Gasteiger charge is 2.33. The molecule has 0 fully saturated rings. The summed E-state index contributed by atoms with van der Waals surface area (Å²) in [5.74, 6) is -1.98. The van der Waals surface area contributed by atoms with Crippen molar-refractivity contribution in [2.45, 2.75) is 111 Å². The highest BCUT2D eigenvalue weighted by atomic mass is 16.6. The van der Waals surface area contributed by atoms with Crippen molar-refractivity contribution in [1.29, 1.82) is 0 Å². The highest BCUT2D eigenvalue weighted by Crippen LogP contribution is 2.15. The van der Waals surface area contributed by atoms with Gasteiger partial charge in [-0.2, -0.15) is 0 Å². The number of carbonyl (C=O) groups is 3. The topological polar surface area (TPSA) is 117 Å². The van der Waals surface area contributed by atoms with Crippen molar-refractivity contribution in [3.05, 3.63) is 0 Å². The molecule has 0 aromatic heterocycles. The summed E-state index contributed by atoms with van der Waals surface area (Å²) in [6, 6.07) is -2.24. The van der Waals surface area contributed by atoms with Gasteiger partial charge in [0.15, 0.2) is 0 Å².